The molecule has 1 atom stereocenters. The molecule has 2 amide bonds. The molecule has 2 aromatic heterocycles. The second-order valence-corrected chi connectivity index (χ2v) is 9.76. The van der Waals surface area contributed by atoms with Gasteiger partial charge in [0.05, 0.1) is 25.2 Å². The SMILES string of the molecule is O=C(NCCc1cccs1)C1CCN(C(=O)c2ncn3c2CO[C@H](c2ccc(F)cc2)C3)CC1. The Hall–Kier alpha value is -3.04. The van der Waals surface area contributed by atoms with E-state index in [0.29, 0.717) is 44.7 Å². The fourth-order valence-corrected chi connectivity index (χ4v) is 5.30. The van der Waals surface area contributed by atoms with Crippen LogP contribution in [-0.4, -0.2) is 45.9 Å². The quantitative estimate of drug-likeness (QED) is 0.583. The first kappa shape index (κ1) is 22.7. The number of benzene rings is 1. The minimum absolute atomic E-state index is 0.0666. The molecular weight excluding hydrogens is 455 g/mol. The Bertz CT molecular complexity index is 1140. The van der Waals surface area contributed by atoms with Gasteiger partial charge in [-0.05, 0) is 48.4 Å². The predicted octanol–water partition coefficient (Wildman–Crippen LogP) is 3.57. The normalized spacial score (nSPS) is 18.5. The van der Waals surface area contributed by atoms with Gasteiger partial charge in [0.15, 0.2) is 5.69 Å². The van der Waals surface area contributed by atoms with Crippen LogP contribution in [0.25, 0.3) is 0 Å². The molecule has 1 N–H and O–H groups in total. The summed E-state index contributed by atoms with van der Waals surface area (Å²) in [6.45, 7) is 2.50. The van der Waals surface area contributed by atoms with Gasteiger partial charge in [0.1, 0.15) is 11.9 Å². The molecule has 1 aromatic carbocycles. The number of rotatable bonds is 6. The minimum Gasteiger partial charge on any atom is -0.365 e. The molecule has 178 valence electrons. The molecule has 1 saturated heterocycles. The molecule has 5 rings (SSSR count). The number of piperidine rings is 1. The number of carbonyl (C=O) groups excluding carboxylic acids is 2. The van der Waals surface area contributed by atoms with Gasteiger partial charge in [-0.1, -0.05) is 18.2 Å². The number of carbonyl (C=O) groups is 2. The van der Waals surface area contributed by atoms with Crippen molar-refractivity contribution < 1.29 is 18.7 Å². The minimum atomic E-state index is -0.282. The van der Waals surface area contributed by atoms with Crippen LogP contribution in [0.5, 0.6) is 0 Å². The van der Waals surface area contributed by atoms with Crippen LogP contribution in [0, 0.1) is 11.7 Å². The maximum atomic E-state index is 13.2. The zero-order chi connectivity index (χ0) is 23.5. The lowest BCUT2D eigenvalue weighted by atomic mass is 9.95. The fourth-order valence-electron chi connectivity index (χ4n) is 4.59. The van der Waals surface area contributed by atoms with E-state index in [4.69, 9.17) is 4.74 Å². The van der Waals surface area contributed by atoms with Crippen LogP contribution in [0.4, 0.5) is 4.39 Å². The molecule has 9 heteroatoms. The van der Waals surface area contributed by atoms with Crippen LogP contribution in [0.2, 0.25) is 0 Å². The van der Waals surface area contributed by atoms with Gasteiger partial charge < -0.3 is 19.5 Å². The van der Waals surface area contributed by atoms with E-state index < -0.39 is 0 Å². The number of likely N-dealkylation sites (tertiary alicyclic amines) is 1. The maximum absolute atomic E-state index is 13.2. The molecule has 2 aliphatic heterocycles. The second kappa shape index (κ2) is 10.1. The Balaban J connectivity index is 1.14. The number of hydrogen-bond donors (Lipinski definition) is 1. The summed E-state index contributed by atoms with van der Waals surface area (Å²) in [4.78, 5) is 33.1. The van der Waals surface area contributed by atoms with Crippen LogP contribution in [0.15, 0.2) is 48.1 Å². The molecule has 7 nitrogen and oxygen atoms in total. The van der Waals surface area contributed by atoms with Gasteiger partial charge in [-0.15, -0.1) is 11.3 Å². The van der Waals surface area contributed by atoms with Gasteiger partial charge in [-0.25, -0.2) is 9.37 Å². The second-order valence-electron chi connectivity index (χ2n) is 8.73. The number of imidazole rings is 1. The third-order valence-electron chi connectivity index (χ3n) is 6.58. The molecule has 1 fully saturated rings. The maximum Gasteiger partial charge on any atom is 0.274 e. The largest absolute Gasteiger partial charge is 0.365 e. The lowest BCUT2D eigenvalue weighted by Crippen LogP contribution is -2.43. The molecule has 0 aliphatic carbocycles. The van der Waals surface area contributed by atoms with E-state index in [1.165, 1.54) is 17.0 Å². The number of nitrogens with zero attached hydrogens (tertiary/aromatic N) is 3. The Morgan fingerprint density at radius 3 is 2.71 bits per heavy atom. The molecule has 4 heterocycles. The highest BCUT2D eigenvalue weighted by atomic mass is 32.1. The van der Waals surface area contributed by atoms with Gasteiger partial charge in [0.25, 0.3) is 5.91 Å². The van der Waals surface area contributed by atoms with Crippen molar-refractivity contribution in [1.82, 2.24) is 19.8 Å². The van der Waals surface area contributed by atoms with E-state index in [9.17, 15) is 14.0 Å². The highest BCUT2D eigenvalue weighted by molar-refractivity contribution is 7.09. The van der Waals surface area contributed by atoms with Crippen molar-refractivity contribution in [3.8, 4) is 0 Å². The molecule has 3 aromatic rings. The Morgan fingerprint density at radius 1 is 1.18 bits per heavy atom. The van der Waals surface area contributed by atoms with E-state index in [-0.39, 0.29) is 36.3 Å². The molecule has 0 unspecified atom stereocenters. The molecule has 0 radical (unpaired) electrons. The third kappa shape index (κ3) is 4.90. The van der Waals surface area contributed by atoms with Gasteiger partial charge >= 0.3 is 0 Å². The highest BCUT2D eigenvalue weighted by Gasteiger charge is 2.32. The lowest BCUT2D eigenvalue weighted by Gasteiger charge is -2.31. The van der Waals surface area contributed by atoms with Crippen molar-refractivity contribution in [3.05, 3.63) is 75.8 Å². The molecular formula is C25H27FN4O3S. The topological polar surface area (TPSA) is 76.5 Å². The lowest BCUT2D eigenvalue weighted by molar-refractivity contribution is -0.126. The number of nitrogens with one attached hydrogen (secondary N) is 1. The zero-order valence-electron chi connectivity index (χ0n) is 18.8. The van der Waals surface area contributed by atoms with Gasteiger partial charge in [0, 0.05) is 30.4 Å². The van der Waals surface area contributed by atoms with E-state index >= 15 is 0 Å². The van der Waals surface area contributed by atoms with Crippen LogP contribution in [0.3, 0.4) is 0 Å². The number of aromatic nitrogens is 2. The molecule has 2 aliphatic rings. The van der Waals surface area contributed by atoms with E-state index in [1.807, 2.05) is 16.0 Å². The first-order chi connectivity index (χ1) is 16.6. The summed E-state index contributed by atoms with van der Waals surface area (Å²) in [5, 5.41) is 5.07. The van der Waals surface area contributed by atoms with Crippen LogP contribution in [-0.2, 0) is 29.1 Å². The van der Waals surface area contributed by atoms with E-state index in [2.05, 4.69) is 16.4 Å². The average Bonchev–Trinajstić information content (AvgIpc) is 3.54. The summed E-state index contributed by atoms with van der Waals surface area (Å²) in [6.07, 6.45) is 3.61. The van der Waals surface area contributed by atoms with Crippen LogP contribution in [0.1, 0.15) is 45.6 Å². The molecule has 0 spiro atoms. The van der Waals surface area contributed by atoms with E-state index in [1.54, 1.807) is 34.7 Å². The number of hydrogen-bond acceptors (Lipinski definition) is 5. The monoisotopic (exact) mass is 482 g/mol. The summed E-state index contributed by atoms with van der Waals surface area (Å²) in [5.41, 5.74) is 2.07. The van der Waals surface area contributed by atoms with Crippen molar-refractivity contribution >= 4 is 23.2 Å². The van der Waals surface area contributed by atoms with Crippen molar-refractivity contribution in [2.45, 2.75) is 38.5 Å². The van der Waals surface area contributed by atoms with Crippen LogP contribution >= 0.6 is 11.3 Å². The van der Waals surface area contributed by atoms with Gasteiger partial charge in [-0.2, -0.15) is 0 Å². The van der Waals surface area contributed by atoms with Crippen molar-refractivity contribution in [2.75, 3.05) is 19.6 Å². The van der Waals surface area contributed by atoms with Gasteiger partial charge in [0.2, 0.25) is 5.91 Å². The third-order valence-corrected chi connectivity index (χ3v) is 7.51. The van der Waals surface area contributed by atoms with Crippen molar-refractivity contribution in [3.63, 3.8) is 0 Å². The standard InChI is InChI=1S/C25H27FN4O3S/c26-19-5-3-17(4-6-19)22-14-30-16-28-23(21(30)15-33-22)25(32)29-11-8-18(9-12-29)24(31)27-10-7-20-2-1-13-34-20/h1-6,13,16,18,22H,7-12,14-15H2,(H,27,31)/t22-/m0/s1. The molecule has 0 bridgehead atoms. The first-order valence-corrected chi connectivity index (χ1v) is 12.5. The number of amides is 2. The summed E-state index contributed by atoms with van der Waals surface area (Å²) in [7, 11) is 0. The van der Waals surface area contributed by atoms with Crippen LogP contribution < -0.4 is 5.32 Å². The zero-order valence-corrected chi connectivity index (χ0v) is 19.6. The Labute approximate surface area is 201 Å². The Kier molecular flexibility index (Phi) is 6.73. The van der Waals surface area contributed by atoms with E-state index in [0.717, 1.165) is 17.7 Å². The summed E-state index contributed by atoms with van der Waals surface area (Å²) < 4.78 is 21.1. The number of ether oxygens (including phenoxy) is 1. The summed E-state index contributed by atoms with van der Waals surface area (Å²) in [5.74, 6) is -0.393. The fraction of sp³-hybridized carbons (Fsp3) is 0.400. The van der Waals surface area contributed by atoms with Crippen molar-refractivity contribution in [2.24, 2.45) is 5.92 Å². The first-order valence-electron chi connectivity index (χ1n) is 11.6. The van der Waals surface area contributed by atoms with Crippen molar-refractivity contribution in [1.29, 1.82) is 0 Å². The number of halogens is 1. The summed E-state index contributed by atoms with van der Waals surface area (Å²) >= 11 is 1.70. The molecule has 34 heavy (non-hydrogen) atoms. The number of fused-ring (bicyclic) bond motifs is 1. The summed E-state index contributed by atoms with van der Waals surface area (Å²) in [6, 6.07) is 10.4. The van der Waals surface area contributed by atoms with Gasteiger partial charge in [-0.3, -0.25) is 9.59 Å². The highest BCUT2D eigenvalue weighted by Crippen LogP contribution is 2.29. The predicted molar refractivity (Wildman–Crippen MR) is 126 cm³/mol. The number of thiophene rings is 1. The molecule has 0 saturated carbocycles. The average molecular weight is 483 g/mol. The Morgan fingerprint density at radius 2 is 1.97 bits per heavy atom. The smallest absolute Gasteiger partial charge is 0.274 e.